The summed E-state index contributed by atoms with van der Waals surface area (Å²) in [6.45, 7) is 4.12. The highest BCUT2D eigenvalue weighted by Crippen LogP contribution is 2.18. The number of rotatable bonds is 5. The van der Waals surface area contributed by atoms with Gasteiger partial charge in [0.25, 0.3) is 0 Å². The van der Waals surface area contributed by atoms with Crippen LogP contribution in [-0.2, 0) is 11.2 Å². The minimum Gasteiger partial charge on any atom is -0.361 e. The van der Waals surface area contributed by atoms with Gasteiger partial charge in [-0.1, -0.05) is 25.1 Å². The summed E-state index contributed by atoms with van der Waals surface area (Å²) in [6, 6.07) is 8.15. The lowest BCUT2D eigenvalue weighted by molar-refractivity contribution is -0.121. The molecule has 0 unspecified atom stereocenters. The Morgan fingerprint density at radius 3 is 2.76 bits per heavy atom. The predicted molar refractivity (Wildman–Crippen MR) is 98.4 cm³/mol. The number of hydrogen-bond donors (Lipinski definition) is 3. The van der Waals surface area contributed by atoms with Gasteiger partial charge in [-0.25, -0.2) is 4.79 Å². The zero-order valence-electron chi connectivity index (χ0n) is 14.7. The Kier molecular flexibility index (Phi) is 5.58. The molecule has 2 heterocycles. The highest BCUT2D eigenvalue weighted by atomic mass is 16.2. The average Bonchev–Trinajstić information content (AvgIpc) is 3.03. The highest BCUT2D eigenvalue weighted by Gasteiger charge is 2.23. The van der Waals surface area contributed by atoms with Crippen molar-refractivity contribution < 1.29 is 9.59 Å². The molecule has 3 N–H and O–H groups in total. The van der Waals surface area contributed by atoms with E-state index in [1.54, 1.807) is 0 Å². The Morgan fingerprint density at radius 2 is 2.00 bits per heavy atom. The van der Waals surface area contributed by atoms with Gasteiger partial charge >= 0.3 is 6.03 Å². The third-order valence-electron chi connectivity index (χ3n) is 4.70. The van der Waals surface area contributed by atoms with Crippen LogP contribution < -0.4 is 10.6 Å². The van der Waals surface area contributed by atoms with Crippen LogP contribution in [0.15, 0.2) is 30.5 Å². The molecule has 134 valence electrons. The normalized spacial score (nSPS) is 15.3. The molecule has 0 radical (unpaired) electrons. The highest BCUT2D eigenvalue weighted by molar-refractivity contribution is 5.88. The van der Waals surface area contributed by atoms with Crippen LogP contribution in [0.2, 0.25) is 0 Å². The molecule has 0 aliphatic carbocycles. The molecule has 1 fully saturated rings. The Labute approximate surface area is 148 Å². The maximum Gasteiger partial charge on any atom is 0.317 e. The fourth-order valence-corrected chi connectivity index (χ4v) is 3.30. The van der Waals surface area contributed by atoms with E-state index in [0.29, 0.717) is 26.1 Å². The summed E-state index contributed by atoms with van der Waals surface area (Å²) in [5, 5.41) is 7.11. The van der Waals surface area contributed by atoms with Gasteiger partial charge in [0, 0.05) is 42.8 Å². The van der Waals surface area contributed by atoms with Crippen molar-refractivity contribution in [3.05, 3.63) is 36.0 Å². The number of H-pyrrole nitrogens is 1. The van der Waals surface area contributed by atoms with Crippen LogP contribution in [0.5, 0.6) is 0 Å². The minimum atomic E-state index is 0.00502. The van der Waals surface area contributed by atoms with Crippen LogP contribution in [0.3, 0.4) is 0 Å². The van der Waals surface area contributed by atoms with Crippen molar-refractivity contribution in [2.24, 2.45) is 0 Å². The SMILES string of the molecule is CCCNC(=O)N1CCC(NC(=O)Cc2c[nH]c3ccccc23)CC1. The first-order valence-corrected chi connectivity index (χ1v) is 9.04. The molecule has 3 amide bonds. The molecule has 0 atom stereocenters. The molecular formula is C19H26N4O2. The number of amides is 3. The van der Waals surface area contributed by atoms with Crippen molar-refractivity contribution in [2.45, 2.75) is 38.6 Å². The first kappa shape index (κ1) is 17.3. The van der Waals surface area contributed by atoms with Gasteiger partial charge in [-0.05, 0) is 30.9 Å². The van der Waals surface area contributed by atoms with Crippen molar-refractivity contribution in [3.8, 4) is 0 Å². The number of nitrogens with zero attached hydrogens (tertiary/aromatic N) is 1. The number of para-hydroxylation sites is 1. The summed E-state index contributed by atoms with van der Waals surface area (Å²) in [5.41, 5.74) is 2.07. The number of fused-ring (bicyclic) bond motifs is 1. The summed E-state index contributed by atoms with van der Waals surface area (Å²) in [6.07, 6.45) is 4.83. The Hall–Kier alpha value is -2.50. The third-order valence-corrected chi connectivity index (χ3v) is 4.70. The number of nitrogens with one attached hydrogen (secondary N) is 3. The van der Waals surface area contributed by atoms with Crippen LogP contribution in [0, 0.1) is 0 Å². The average molecular weight is 342 g/mol. The number of hydrogen-bond acceptors (Lipinski definition) is 2. The largest absolute Gasteiger partial charge is 0.361 e. The second kappa shape index (κ2) is 8.05. The number of urea groups is 1. The molecule has 0 spiro atoms. The molecule has 3 rings (SSSR count). The van der Waals surface area contributed by atoms with Gasteiger partial charge in [0.05, 0.1) is 6.42 Å². The van der Waals surface area contributed by atoms with Gasteiger partial charge in [0.1, 0.15) is 0 Å². The quantitative estimate of drug-likeness (QED) is 0.780. The van der Waals surface area contributed by atoms with Crippen molar-refractivity contribution in [1.82, 2.24) is 20.5 Å². The first-order chi connectivity index (χ1) is 12.2. The number of aromatic nitrogens is 1. The van der Waals surface area contributed by atoms with Crippen molar-refractivity contribution in [1.29, 1.82) is 0 Å². The Balaban J connectivity index is 1.47. The monoisotopic (exact) mass is 342 g/mol. The number of aromatic amines is 1. The second-order valence-electron chi connectivity index (χ2n) is 6.60. The lowest BCUT2D eigenvalue weighted by Gasteiger charge is -2.32. The first-order valence-electron chi connectivity index (χ1n) is 9.04. The summed E-state index contributed by atoms with van der Waals surface area (Å²) in [7, 11) is 0. The van der Waals surface area contributed by atoms with E-state index >= 15 is 0 Å². The summed E-state index contributed by atoms with van der Waals surface area (Å²) < 4.78 is 0. The zero-order valence-corrected chi connectivity index (χ0v) is 14.7. The van der Waals surface area contributed by atoms with E-state index in [1.807, 2.05) is 42.3 Å². The van der Waals surface area contributed by atoms with E-state index in [-0.39, 0.29) is 18.0 Å². The predicted octanol–water partition coefficient (Wildman–Crippen LogP) is 2.41. The lowest BCUT2D eigenvalue weighted by Crippen LogP contribution is -2.49. The van der Waals surface area contributed by atoms with E-state index in [4.69, 9.17) is 0 Å². The number of carbonyl (C=O) groups is 2. The number of carbonyl (C=O) groups excluding carboxylic acids is 2. The number of piperidine rings is 1. The van der Waals surface area contributed by atoms with E-state index in [9.17, 15) is 9.59 Å². The Morgan fingerprint density at radius 1 is 1.24 bits per heavy atom. The zero-order chi connectivity index (χ0) is 17.6. The Bertz CT molecular complexity index is 732. The third kappa shape index (κ3) is 4.32. The molecule has 25 heavy (non-hydrogen) atoms. The van der Waals surface area contributed by atoms with Gasteiger partial charge in [-0.15, -0.1) is 0 Å². The van der Waals surface area contributed by atoms with Gasteiger partial charge < -0.3 is 20.5 Å². The summed E-state index contributed by atoms with van der Waals surface area (Å²) >= 11 is 0. The van der Waals surface area contributed by atoms with Crippen LogP contribution in [0.25, 0.3) is 10.9 Å². The molecule has 6 nitrogen and oxygen atoms in total. The minimum absolute atomic E-state index is 0.00502. The van der Waals surface area contributed by atoms with Crippen molar-refractivity contribution in [2.75, 3.05) is 19.6 Å². The van der Waals surface area contributed by atoms with Crippen molar-refractivity contribution >= 4 is 22.8 Å². The van der Waals surface area contributed by atoms with Crippen LogP contribution in [-0.4, -0.2) is 47.5 Å². The number of benzene rings is 1. The second-order valence-corrected chi connectivity index (χ2v) is 6.60. The van der Waals surface area contributed by atoms with E-state index in [0.717, 1.165) is 35.7 Å². The van der Waals surface area contributed by atoms with Crippen LogP contribution >= 0.6 is 0 Å². The summed E-state index contributed by atoms with van der Waals surface area (Å²) in [5.74, 6) is 0.0404. The fourth-order valence-electron chi connectivity index (χ4n) is 3.30. The maximum absolute atomic E-state index is 12.4. The standard InChI is InChI=1S/C19H26N4O2/c1-2-9-20-19(25)23-10-7-15(8-11-23)22-18(24)12-14-13-21-17-6-4-3-5-16(14)17/h3-6,13,15,21H,2,7-12H2,1H3,(H,20,25)(H,22,24). The van der Waals surface area contributed by atoms with E-state index < -0.39 is 0 Å². The topological polar surface area (TPSA) is 77.2 Å². The van der Waals surface area contributed by atoms with E-state index in [1.165, 1.54) is 0 Å². The fraction of sp³-hybridized carbons (Fsp3) is 0.474. The molecule has 0 bridgehead atoms. The molecule has 0 saturated carbocycles. The van der Waals surface area contributed by atoms with Gasteiger partial charge in [0.15, 0.2) is 0 Å². The van der Waals surface area contributed by atoms with Crippen LogP contribution in [0.1, 0.15) is 31.7 Å². The van der Waals surface area contributed by atoms with Gasteiger partial charge in [0.2, 0.25) is 5.91 Å². The van der Waals surface area contributed by atoms with Gasteiger partial charge in [-0.2, -0.15) is 0 Å². The van der Waals surface area contributed by atoms with Crippen molar-refractivity contribution in [3.63, 3.8) is 0 Å². The molecular weight excluding hydrogens is 316 g/mol. The van der Waals surface area contributed by atoms with Crippen LogP contribution in [0.4, 0.5) is 4.79 Å². The molecule has 1 aromatic heterocycles. The molecule has 1 aliphatic rings. The molecule has 1 saturated heterocycles. The molecule has 6 heteroatoms. The van der Waals surface area contributed by atoms with E-state index in [2.05, 4.69) is 15.6 Å². The summed E-state index contributed by atoms with van der Waals surface area (Å²) in [4.78, 5) is 29.3. The van der Waals surface area contributed by atoms with Gasteiger partial charge in [-0.3, -0.25) is 4.79 Å². The molecule has 1 aliphatic heterocycles. The number of likely N-dealkylation sites (tertiary alicyclic amines) is 1. The molecule has 1 aromatic carbocycles. The smallest absolute Gasteiger partial charge is 0.317 e. The lowest BCUT2D eigenvalue weighted by atomic mass is 10.0. The molecule has 2 aromatic rings. The maximum atomic E-state index is 12.4.